The maximum atomic E-state index is 13.7. The van der Waals surface area contributed by atoms with Gasteiger partial charge in [-0.25, -0.2) is 8.78 Å². The minimum Gasteiger partial charge on any atom is -0.302 e. The summed E-state index contributed by atoms with van der Waals surface area (Å²) < 4.78 is 28.9. The van der Waals surface area contributed by atoms with Crippen molar-refractivity contribution in [3.05, 3.63) is 52.9 Å². The Morgan fingerprint density at radius 3 is 2.77 bits per heavy atom. The summed E-state index contributed by atoms with van der Waals surface area (Å²) in [6, 6.07) is 8.16. The highest BCUT2D eigenvalue weighted by molar-refractivity contribution is 7.98. The molecule has 0 bridgehead atoms. The normalized spacial score (nSPS) is 11.0. The summed E-state index contributed by atoms with van der Waals surface area (Å²) in [4.78, 5) is 1.04. The van der Waals surface area contributed by atoms with Gasteiger partial charge in [-0.2, -0.15) is 0 Å². The van der Waals surface area contributed by atoms with E-state index in [2.05, 4.69) is 10.2 Å². The molecule has 0 saturated carbocycles. The van der Waals surface area contributed by atoms with Gasteiger partial charge in [0.1, 0.15) is 0 Å². The van der Waals surface area contributed by atoms with E-state index in [-0.39, 0.29) is 0 Å². The van der Waals surface area contributed by atoms with Gasteiger partial charge in [0.05, 0.1) is 4.88 Å². The van der Waals surface area contributed by atoms with Gasteiger partial charge in [0.15, 0.2) is 22.6 Å². The SMILES string of the molecule is CCn1c(SCc2cccc(F)c2F)nnc1-c1cccs1. The van der Waals surface area contributed by atoms with E-state index >= 15 is 0 Å². The predicted octanol–water partition coefficient (Wildman–Crippen LogP) is 4.60. The van der Waals surface area contributed by atoms with Crippen molar-refractivity contribution in [2.75, 3.05) is 0 Å². The first-order valence-electron chi connectivity index (χ1n) is 6.73. The molecular formula is C15H13F2N3S2. The van der Waals surface area contributed by atoms with E-state index in [0.717, 1.165) is 16.8 Å². The molecule has 22 heavy (non-hydrogen) atoms. The highest BCUT2D eigenvalue weighted by Gasteiger charge is 2.15. The first kappa shape index (κ1) is 15.2. The Labute approximate surface area is 135 Å². The number of halogens is 2. The average molecular weight is 337 g/mol. The van der Waals surface area contributed by atoms with E-state index in [1.54, 1.807) is 17.4 Å². The third-order valence-electron chi connectivity index (χ3n) is 3.16. The molecule has 3 rings (SSSR count). The van der Waals surface area contributed by atoms with Crippen molar-refractivity contribution in [3.8, 4) is 10.7 Å². The lowest BCUT2D eigenvalue weighted by molar-refractivity contribution is 0.502. The molecule has 0 fully saturated rings. The molecule has 0 aliphatic rings. The van der Waals surface area contributed by atoms with Crippen LogP contribution in [0.5, 0.6) is 0 Å². The number of rotatable bonds is 5. The van der Waals surface area contributed by atoms with E-state index in [4.69, 9.17) is 0 Å². The number of benzene rings is 1. The van der Waals surface area contributed by atoms with Crippen LogP contribution in [0.4, 0.5) is 8.78 Å². The summed E-state index contributed by atoms with van der Waals surface area (Å²) in [5.41, 5.74) is 0.327. The molecule has 0 unspecified atom stereocenters. The summed E-state index contributed by atoms with van der Waals surface area (Å²) in [7, 11) is 0. The molecule has 0 N–H and O–H groups in total. The summed E-state index contributed by atoms with van der Waals surface area (Å²) in [5, 5.41) is 11.1. The van der Waals surface area contributed by atoms with Crippen LogP contribution in [0, 0.1) is 11.6 Å². The van der Waals surface area contributed by atoms with Crippen molar-refractivity contribution in [2.24, 2.45) is 0 Å². The van der Waals surface area contributed by atoms with Gasteiger partial charge in [0, 0.05) is 17.9 Å². The molecule has 1 aromatic carbocycles. The van der Waals surface area contributed by atoms with Crippen molar-refractivity contribution in [2.45, 2.75) is 24.4 Å². The molecule has 0 aliphatic heterocycles. The first-order chi connectivity index (χ1) is 10.7. The number of hydrogen-bond donors (Lipinski definition) is 0. The van der Waals surface area contributed by atoms with Gasteiger partial charge in [-0.15, -0.1) is 21.5 Å². The summed E-state index contributed by atoms with van der Waals surface area (Å²) in [6.45, 7) is 2.72. The molecule has 0 atom stereocenters. The maximum absolute atomic E-state index is 13.7. The quantitative estimate of drug-likeness (QED) is 0.638. The van der Waals surface area contributed by atoms with Gasteiger partial charge < -0.3 is 4.57 Å². The van der Waals surface area contributed by atoms with Gasteiger partial charge in [0.2, 0.25) is 0 Å². The second-order valence-electron chi connectivity index (χ2n) is 4.53. The molecule has 0 radical (unpaired) electrons. The molecule has 3 aromatic rings. The van der Waals surface area contributed by atoms with Crippen molar-refractivity contribution in [1.29, 1.82) is 0 Å². The molecular weight excluding hydrogens is 324 g/mol. The topological polar surface area (TPSA) is 30.7 Å². The number of aromatic nitrogens is 3. The smallest absolute Gasteiger partial charge is 0.191 e. The Bertz CT molecular complexity index is 769. The van der Waals surface area contributed by atoms with E-state index in [0.29, 0.717) is 23.0 Å². The Morgan fingerprint density at radius 2 is 2.05 bits per heavy atom. The van der Waals surface area contributed by atoms with Crippen LogP contribution in [-0.4, -0.2) is 14.8 Å². The highest BCUT2D eigenvalue weighted by Crippen LogP contribution is 2.29. The largest absolute Gasteiger partial charge is 0.302 e. The van der Waals surface area contributed by atoms with Gasteiger partial charge in [-0.3, -0.25) is 0 Å². The maximum Gasteiger partial charge on any atom is 0.191 e. The lowest BCUT2D eigenvalue weighted by atomic mass is 10.2. The van der Waals surface area contributed by atoms with E-state index in [9.17, 15) is 8.78 Å². The lowest BCUT2D eigenvalue weighted by Crippen LogP contribution is -1.99. The zero-order valence-corrected chi connectivity index (χ0v) is 13.4. The minimum absolute atomic E-state index is 0.312. The monoisotopic (exact) mass is 337 g/mol. The first-order valence-corrected chi connectivity index (χ1v) is 8.60. The molecule has 0 spiro atoms. The number of hydrogen-bond acceptors (Lipinski definition) is 4. The van der Waals surface area contributed by atoms with Gasteiger partial charge in [-0.1, -0.05) is 30.0 Å². The molecule has 3 nitrogen and oxygen atoms in total. The molecule has 7 heteroatoms. The van der Waals surface area contributed by atoms with Crippen LogP contribution in [-0.2, 0) is 12.3 Å². The summed E-state index contributed by atoms with van der Waals surface area (Å²) in [6.07, 6.45) is 0. The fourth-order valence-corrected chi connectivity index (χ4v) is 3.77. The van der Waals surface area contributed by atoms with Crippen LogP contribution < -0.4 is 0 Å². The van der Waals surface area contributed by atoms with Gasteiger partial charge in [-0.05, 0) is 24.4 Å². The Balaban J connectivity index is 1.83. The van der Waals surface area contributed by atoms with Crippen LogP contribution in [0.2, 0.25) is 0 Å². The molecule has 0 amide bonds. The zero-order valence-electron chi connectivity index (χ0n) is 11.8. The van der Waals surface area contributed by atoms with E-state index in [1.807, 2.05) is 29.0 Å². The van der Waals surface area contributed by atoms with Crippen LogP contribution in [0.15, 0.2) is 40.9 Å². The second kappa shape index (κ2) is 6.58. The highest BCUT2D eigenvalue weighted by atomic mass is 32.2. The van der Waals surface area contributed by atoms with Gasteiger partial charge >= 0.3 is 0 Å². The lowest BCUT2D eigenvalue weighted by Gasteiger charge is -2.07. The molecule has 0 aliphatic carbocycles. The van der Waals surface area contributed by atoms with Crippen LogP contribution in [0.25, 0.3) is 10.7 Å². The number of thioether (sulfide) groups is 1. The minimum atomic E-state index is -0.825. The Morgan fingerprint density at radius 1 is 1.18 bits per heavy atom. The van der Waals surface area contributed by atoms with Crippen molar-refractivity contribution < 1.29 is 8.78 Å². The fourth-order valence-electron chi connectivity index (χ4n) is 2.07. The molecule has 2 heterocycles. The van der Waals surface area contributed by atoms with Crippen LogP contribution in [0.3, 0.4) is 0 Å². The third kappa shape index (κ3) is 2.91. The average Bonchev–Trinajstić information content (AvgIpc) is 3.17. The Kier molecular flexibility index (Phi) is 4.54. The van der Waals surface area contributed by atoms with Crippen LogP contribution in [0.1, 0.15) is 12.5 Å². The van der Waals surface area contributed by atoms with Crippen molar-refractivity contribution >= 4 is 23.1 Å². The van der Waals surface area contributed by atoms with E-state index < -0.39 is 11.6 Å². The van der Waals surface area contributed by atoms with Crippen molar-refractivity contribution in [1.82, 2.24) is 14.8 Å². The number of nitrogens with zero attached hydrogens (tertiary/aromatic N) is 3. The molecule has 2 aromatic heterocycles. The second-order valence-corrected chi connectivity index (χ2v) is 6.42. The van der Waals surface area contributed by atoms with Crippen LogP contribution >= 0.6 is 23.1 Å². The predicted molar refractivity (Wildman–Crippen MR) is 84.9 cm³/mol. The van der Waals surface area contributed by atoms with Crippen molar-refractivity contribution in [3.63, 3.8) is 0 Å². The van der Waals surface area contributed by atoms with E-state index in [1.165, 1.54) is 17.8 Å². The zero-order chi connectivity index (χ0) is 15.5. The number of thiophene rings is 1. The fraction of sp³-hybridized carbons (Fsp3) is 0.200. The standard InChI is InChI=1S/C15H13F2N3S2/c1-2-20-14(12-7-4-8-21-12)18-19-15(20)22-9-10-5-3-6-11(16)13(10)17/h3-8H,2,9H2,1H3. The Hall–Kier alpha value is -1.73. The molecule has 114 valence electrons. The summed E-state index contributed by atoms with van der Waals surface area (Å²) in [5.74, 6) is -0.503. The van der Waals surface area contributed by atoms with Gasteiger partial charge in [0.25, 0.3) is 0 Å². The third-order valence-corrected chi connectivity index (χ3v) is 5.04. The molecule has 0 saturated heterocycles. The summed E-state index contributed by atoms with van der Waals surface area (Å²) >= 11 is 2.95.